The summed E-state index contributed by atoms with van der Waals surface area (Å²) in [6, 6.07) is 14.5. The fraction of sp³-hybridized carbons (Fsp3) is 0.263. The van der Waals surface area contributed by atoms with Gasteiger partial charge in [0.25, 0.3) is 10.1 Å². The highest BCUT2D eigenvalue weighted by Crippen LogP contribution is 2.27. The van der Waals surface area contributed by atoms with Gasteiger partial charge in [0.15, 0.2) is 6.10 Å². The number of hydrogen-bond acceptors (Lipinski definition) is 4. The molecule has 4 nitrogen and oxygen atoms in total. The van der Waals surface area contributed by atoms with E-state index in [9.17, 15) is 21.6 Å². The van der Waals surface area contributed by atoms with Crippen LogP contribution in [0, 0.1) is 6.92 Å². The summed E-state index contributed by atoms with van der Waals surface area (Å²) in [7, 11) is -4.56. The van der Waals surface area contributed by atoms with E-state index in [1.807, 2.05) is 30.3 Å². The van der Waals surface area contributed by atoms with Crippen molar-refractivity contribution in [1.29, 1.82) is 0 Å². The summed E-state index contributed by atoms with van der Waals surface area (Å²) in [4.78, 5) is -0.337. The summed E-state index contributed by atoms with van der Waals surface area (Å²) in [6.45, 7) is 1.84. The van der Waals surface area contributed by atoms with Gasteiger partial charge in [-0.05, 0) is 30.7 Å². The highest BCUT2D eigenvalue weighted by Gasteiger charge is 2.42. The third kappa shape index (κ3) is 6.82. The standard InChI is InChI=1S/C19H19F3O4S/c1-15-9-11-17(12-10-15)27(23,24)26-18(19(20,21)22)8-5-13-25-14-16-6-3-2-4-7-16/h2-12,18H,13-14H2,1H3/b8-5+. The highest BCUT2D eigenvalue weighted by molar-refractivity contribution is 7.86. The maximum Gasteiger partial charge on any atom is 0.419 e. The average Bonchev–Trinajstić information content (AvgIpc) is 2.61. The van der Waals surface area contributed by atoms with Crippen LogP contribution >= 0.6 is 0 Å². The van der Waals surface area contributed by atoms with E-state index < -0.39 is 22.4 Å². The van der Waals surface area contributed by atoms with Crippen LogP contribution in [0.2, 0.25) is 0 Å². The van der Waals surface area contributed by atoms with Gasteiger partial charge in [-0.2, -0.15) is 21.6 Å². The van der Waals surface area contributed by atoms with E-state index in [0.717, 1.165) is 17.2 Å². The predicted octanol–water partition coefficient (Wildman–Crippen LogP) is 4.40. The second-order valence-corrected chi connectivity index (χ2v) is 7.33. The quantitative estimate of drug-likeness (QED) is 0.374. The molecule has 0 N–H and O–H groups in total. The van der Waals surface area contributed by atoms with Crippen LogP contribution in [-0.2, 0) is 25.6 Å². The molecule has 0 aliphatic rings. The number of rotatable bonds is 8. The number of ether oxygens (including phenoxy) is 1. The first kappa shape index (κ1) is 21.1. The number of hydrogen-bond donors (Lipinski definition) is 0. The molecule has 0 aliphatic heterocycles. The Morgan fingerprint density at radius 3 is 2.26 bits per heavy atom. The van der Waals surface area contributed by atoms with Gasteiger partial charge < -0.3 is 4.74 Å². The van der Waals surface area contributed by atoms with Crippen molar-refractivity contribution >= 4 is 10.1 Å². The first-order valence-corrected chi connectivity index (χ1v) is 9.44. The van der Waals surface area contributed by atoms with Crippen LogP contribution in [-0.4, -0.2) is 27.3 Å². The molecule has 0 saturated carbocycles. The zero-order valence-corrected chi connectivity index (χ0v) is 15.3. The highest BCUT2D eigenvalue weighted by atomic mass is 32.2. The molecule has 0 bridgehead atoms. The van der Waals surface area contributed by atoms with Crippen molar-refractivity contribution in [2.24, 2.45) is 0 Å². The van der Waals surface area contributed by atoms with Crippen LogP contribution < -0.4 is 0 Å². The maximum atomic E-state index is 13.1. The minimum absolute atomic E-state index is 0.116. The molecule has 1 unspecified atom stereocenters. The van der Waals surface area contributed by atoms with Gasteiger partial charge in [-0.3, -0.25) is 0 Å². The first-order valence-electron chi connectivity index (χ1n) is 8.03. The van der Waals surface area contributed by atoms with Gasteiger partial charge in [-0.15, -0.1) is 0 Å². The molecular formula is C19H19F3O4S. The van der Waals surface area contributed by atoms with E-state index >= 15 is 0 Å². The molecule has 0 amide bonds. The van der Waals surface area contributed by atoms with Crippen LogP contribution in [0.1, 0.15) is 11.1 Å². The summed E-state index contributed by atoms with van der Waals surface area (Å²) in [5.74, 6) is 0. The largest absolute Gasteiger partial charge is 0.419 e. The summed E-state index contributed by atoms with van der Waals surface area (Å²) >= 11 is 0. The molecule has 0 radical (unpaired) electrons. The lowest BCUT2D eigenvalue weighted by Crippen LogP contribution is -2.32. The van der Waals surface area contributed by atoms with Crippen LogP contribution in [0.4, 0.5) is 13.2 Å². The van der Waals surface area contributed by atoms with Gasteiger partial charge in [0, 0.05) is 0 Å². The average molecular weight is 400 g/mol. The van der Waals surface area contributed by atoms with Crippen LogP contribution in [0.15, 0.2) is 71.6 Å². The van der Waals surface area contributed by atoms with Crippen molar-refractivity contribution < 1.29 is 30.5 Å². The monoisotopic (exact) mass is 400 g/mol. The van der Waals surface area contributed by atoms with Crippen LogP contribution in [0.25, 0.3) is 0 Å². The molecule has 146 valence electrons. The summed E-state index contributed by atoms with van der Waals surface area (Å²) in [5, 5.41) is 0. The van der Waals surface area contributed by atoms with Gasteiger partial charge >= 0.3 is 6.18 Å². The van der Waals surface area contributed by atoms with Gasteiger partial charge in [-0.25, -0.2) is 4.18 Å². The number of aryl methyl sites for hydroxylation is 1. The van der Waals surface area contributed by atoms with E-state index in [4.69, 9.17) is 4.74 Å². The molecule has 0 saturated heterocycles. The molecule has 8 heteroatoms. The molecule has 2 aromatic carbocycles. The topological polar surface area (TPSA) is 52.6 Å². The molecule has 0 heterocycles. The zero-order valence-electron chi connectivity index (χ0n) is 14.5. The maximum absolute atomic E-state index is 13.1. The van der Waals surface area contributed by atoms with Crippen molar-refractivity contribution in [2.45, 2.75) is 30.7 Å². The van der Waals surface area contributed by atoms with Gasteiger partial charge in [0.1, 0.15) is 0 Å². The van der Waals surface area contributed by atoms with Crippen molar-refractivity contribution in [3.05, 3.63) is 77.9 Å². The van der Waals surface area contributed by atoms with Crippen LogP contribution in [0.3, 0.4) is 0 Å². The molecular weight excluding hydrogens is 381 g/mol. The Morgan fingerprint density at radius 2 is 1.67 bits per heavy atom. The second kappa shape index (κ2) is 9.16. The first-order chi connectivity index (χ1) is 12.7. The lowest BCUT2D eigenvalue weighted by molar-refractivity contribution is -0.179. The molecule has 0 aliphatic carbocycles. The molecule has 0 aromatic heterocycles. The molecule has 27 heavy (non-hydrogen) atoms. The number of benzene rings is 2. The Morgan fingerprint density at radius 1 is 1.04 bits per heavy atom. The summed E-state index contributed by atoms with van der Waals surface area (Å²) in [6.07, 6.45) is -5.75. The second-order valence-electron chi connectivity index (χ2n) is 5.75. The van der Waals surface area contributed by atoms with E-state index in [1.165, 1.54) is 24.3 Å². The van der Waals surface area contributed by atoms with Gasteiger partial charge in [0.05, 0.1) is 18.1 Å². The van der Waals surface area contributed by atoms with E-state index in [0.29, 0.717) is 6.08 Å². The molecule has 2 aromatic rings. The fourth-order valence-electron chi connectivity index (χ4n) is 2.09. The zero-order chi connectivity index (χ0) is 19.9. The third-order valence-corrected chi connectivity index (χ3v) is 4.81. The van der Waals surface area contributed by atoms with E-state index in [1.54, 1.807) is 6.92 Å². The predicted molar refractivity (Wildman–Crippen MR) is 94.5 cm³/mol. The Balaban J connectivity index is 1.99. The molecule has 1 atom stereocenters. The summed E-state index contributed by atoms with van der Waals surface area (Å²) < 4.78 is 73.2. The molecule has 0 fully saturated rings. The SMILES string of the molecule is Cc1ccc(S(=O)(=O)OC(/C=C/COCc2ccccc2)C(F)(F)F)cc1. The van der Waals surface area contributed by atoms with Crippen molar-refractivity contribution in [1.82, 2.24) is 0 Å². The van der Waals surface area contributed by atoms with E-state index in [2.05, 4.69) is 4.18 Å². The Labute approximate surface area is 156 Å². The smallest absolute Gasteiger partial charge is 0.373 e. The summed E-state index contributed by atoms with van der Waals surface area (Å²) in [5.41, 5.74) is 1.65. The Bertz CT molecular complexity index is 845. The minimum atomic E-state index is -4.88. The van der Waals surface area contributed by atoms with Crippen molar-refractivity contribution in [3.63, 3.8) is 0 Å². The van der Waals surface area contributed by atoms with Crippen molar-refractivity contribution in [3.8, 4) is 0 Å². The van der Waals surface area contributed by atoms with E-state index in [-0.39, 0.29) is 18.1 Å². The number of alkyl halides is 3. The van der Waals surface area contributed by atoms with Gasteiger partial charge in [-0.1, -0.05) is 54.1 Å². The molecule has 0 spiro atoms. The van der Waals surface area contributed by atoms with Crippen LogP contribution in [0.5, 0.6) is 0 Å². The minimum Gasteiger partial charge on any atom is -0.373 e. The lowest BCUT2D eigenvalue weighted by Gasteiger charge is -2.17. The van der Waals surface area contributed by atoms with Gasteiger partial charge in [0.2, 0.25) is 0 Å². The Hall–Kier alpha value is -2.16. The molecule has 2 rings (SSSR count). The van der Waals surface area contributed by atoms with Crippen molar-refractivity contribution in [2.75, 3.05) is 6.61 Å². The fourth-order valence-corrected chi connectivity index (χ4v) is 3.12. The lowest BCUT2D eigenvalue weighted by atomic mass is 10.2. The Kier molecular flexibility index (Phi) is 7.18. The third-order valence-electron chi connectivity index (χ3n) is 3.50. The number of halogens is 3. The normalized spacial score (nSPS) is 13.8.